The Morgan fingerprint density at radius 1 is 1.07 bits per heavy atom. The molecule has 0 fully saturated rings. The van der Waals surface area contributed by atoms with Gasteiger partial charge in [-0.3, -0.25) is 4.79 Å². The van der Waals surface area contributed by atoms with Gasteiger partial charge in [-0.25, -0.2) is 0 Å². The molecule has 1 aromatic carbocycles. The number of carbonyl (C=O) groups is 1. The Morgan fingerprint density at radius 2 is 1.64 bits per heavy atom. The first-order valence-electron chi connectivity index (χ1n) is 10.3. The van der Waals surface area contributed by atoms with Gasteiger partial charge in [-0.2, -0.15) is 0 Å². The van der Waals surface area contributed by atoms with Gasteiger partial charge in [-0.15, -0.1) is 0 Å². The predicted molar refractivity (Wildman–Crippen MR) is 118 cm³/mol. The molecule has 0 aliphatic heterocycles. The fourth-order valence-electron chi connectivity index (χ4n) is 2.84. The van der Waals surface area contributed by atoms with Gasteiger partial charge in [0.25, 0.3) is 0 Å². The quantitative estimate of drug-likeness (QED) is 0.333. The monoisotopic (exact) mass is 408 g/mol. The standard InChI is InChI=1S/C23H40O4Si/c1-10-20(24)23(5,6)21(27-28(8,9)22(2,3)4)15-16-26-17-18-11-13-19(25-7)14-12-18/h11-14,21H,10,15-17H2,1-9H3/t21-/m0/s1. The Hall–Kier alpha value is -1.17. The van der Waals surface area contributed by atoms with Crippen LogP contribution in [0.4, 0.5) is 0 Å². The Bertz CT molecular complexity index is 614. The van der Waals surface area contributed by atoms with Crippen molar-refractivity contribution in [2.45, 2.75) is 85.2 Å². The Balaban J connectivity index is 2.78. The average molecular weight is 409 g/mol. The van der Waals surface area contributed by atoms with Crippen molar-refractivity contribution in [2.75, 3.05) is 13.7 Å². The van der Waals surface area contributed by atoms with Gasteiger partial charge in [0.1, 0.15) is 11.5 Å². The molecule has 5 heteroatoms. The van der Waals surface area contributed by atoms with Gasteiger partial charge in [0.15, 0.2) is 8.32 Å². The summed E-state index contributed by atoms with van der Waals surface area (Å²) in [7, 11) is -0.333. The minimum atomic E-state index is -1.99. The lowest BCUT2D eigenvalue weighted by Gasteiger charge is -2.43. The van der Waals surface area contributed by atoms with Crippen molar-refractivity contribution in [1.29, 1.82) is 0 Å². The van der Waals surface area contributed by atoms with E-state index in [0.717, 1.165) is 11.3 Å². The molecule has 0 spiro atoms. The molecule has 0 saturated carbocycles. The van der Waals surface area contributed by atoms with Crippen molar-refractivity contribution in [3.63, 3.8) is 0 Å². The van der Waals surface area contributed by atoms with Gasteiger partial charge in [-0.1, -0.05) is 53.7 Å². The Labute approximate surface area is 173 Å². The molecule has 0 amide bonds. The highest BCUT2D eigenvalue weighted by Crippen LogP contribution is 2.41. The van der Waals surface area contributed by atoms with Crippen molar-refractivity contribution < 1.29 is 18.7 Å². The van der Waals surface area contributed by atoms with Crippen LogP contribution in [0.25, 0.3) is 0 Å². The molecule has 160 valence electrons. The summed E-state index contributed by atoms with van der Waals surface area (Å²) < 4.78 is 17.8. The molecule has 0 unspecified atom stereocenters. The minimum Gasteiger partial charge on any atom is -0.497 e. The van der Waals surface area contributed by atoms with E-state index in [-0.39, 0.29) is 16.9 Å². The van der Waals surface area contributed by atoms with Gasteiger partial charge in [0.2, 0.25) is 0 Å². The number of hydrogen-bond donors (Lipinski definition) is 0. The third-order valence-electron chi connectivity index (χ3n) is 6.04. The zero-order valence-corrected chi connectivity index (χ0v) is 20.3. The summed E-state index contributed by atoms with van der Waals surface area (Å²) in [6.07, 6.45) is 1.09. The van der Waals surface area contributed by atoms with E-state index >= 15 is 0 Å². The maximum absolute atomic E-state index is 12.6. The Morgan fingerprint density at radius 3 is 2.11 bits per heavy atom. The number of Topliss-reactive ketones (excluding diaryl/α,β-unsaturated/α-hetero) is 1. The fraction of sp³-hybridized carbons (Fsp3) is 0.696. The summed E-state index contributed by atoms with van der Waals surface area (Å²) in [5, 5.41) is 0.0978. The van der Waals surface area contributed by atoms with Crippen LogP contribution in [0.2, 0.25) is 18.1 Å². The van der Waals surface area contributed by atoms with Gasteiger partial charge >= 0.3 is 0 Å². The maximum Gasteiger partial charge on any atom is 0.192 e. The van der Waals surface area contributed by atoms with E-state index in [1.807, 2.05) is 45.0 Å². The normalized spacial score (nSPS) is 14.0. The largest absolute Gasteiger partial charge is 0.497 e. The summed E-state index contributed by atoms with van der Waals surface area (Å²) >= 11 is 0. The van der Waals surface area contributed by atoms with Crippen molar-refractivity contribution in [2.24, 2.45) is 5.41 Å². The zero-order valence-electron chi connectivity index (χ0n) is 19.3. The number of rotatable bonds is 11. The molecule has 4 nitrogen and oxygen atoms in total. The third kappa shape index (κ3) is 6.71. The summed E-state index contributed by atoms with van der Waals surface area (Å²) in [6.45, 7) is 18.2. The van der Waals surface area contributed by atoms with Crippen LogP contribution in [-0.4, -0.2) is 33.9 Å². The third-order valence-corrected chi connectivity index (χ3v) is 10.5. The summed E-state index contributed by atoms with van der Waals surface area (Å²) in [5.41, 5.74) is 0.583. The summed E-state index contributed by atoms with van der Waals surface area (Å²) in [5.74, 6) is 1.08. The summed E-state index contributed by atoms with van der Waals surface area (Å²) in [4.78, 5) is 12.6. The SMILES string of the molecule is CCC(=O)C(C)(C)[C@H](CCOCc1ccc(OC)cc1)O[Si](C)(C)C(C)(C)C. The van der Waals surface area contributed by atoms with Crippen molar-refractivity contribution in [1.82, 2.24) is 0 Å². The van der Waals surface area contributed by atoms with Crippen LogP contribution in [0.5, 0.6) is 5.75 Å². The van der Waals surface area contributed by atoms with Crippen LogP contribution in [0.1, 0.15) is 59.9 Å². The van der Waals surface area contributed by atoms with Gasteiger partial charge in [0, 0.05) is 18.4 Å². The molecule has 28 heavy (non-hydrogen) atoms. The highest BCUT2D eigenvalue weighted by atomic mass is 28.4. The highest BCUT2D eigenvalue weighted by Gasteiger charge is 2.44. The molecular formula is C23H40O4Si. The number of methoxy groups -OCH3 is 1. The molecule has 0 radical (unpaired) electrons. The first-order valence-corrected chi connectivity index (χ1v) is 13.2. The van der Waals surface area contributed by atoms with Crippen LogP contribution in [0.3, 0.4) is 0 Å². The topological polar surface area (TPSA) is 44.8 Å². The highest BCUT2D eigenvalue weighted by molar-refractivity contribution is 6.74. The van der Waals surface area contributed by atoms with E-state index in [0.29, 0.717) is 26.1 Å². The number of ketones is 1. The number of benzene rings is 1. The maximum atomic E-state index is 12.6. The van der Waals surface area contributed by atoms with E-state index in [9.17, 15) is 4.79 Å². The lowest BCUT2D eigenvalue weighted by atomic mass is 9.80. The second kappa shape index (κ2) is 10.0. The number of carbonyl (C=O) groups excluding carboxylic acids is 1. The molecule has 0 aromatic heterocycles. The Kier molecular flexibility index (Phi) is 8.91. The molecule has 0 bridgehead atoms. The van der Waals surface area contributed by atoms with E-state index in [1.165, 1.54) is 0 Å². The fourth-order valence-corrected chi connectivity index (χ4v) is 4.31. The first kappa shape index (κ1) is 24.9. The molecular weight excluding hydrogens is 368 g/mol. The molecule has 1 aromatic rings. The van der Waals surface area contributed by atoms with Gasteiger partial charge in [0.05, 0.1) is 19.8 Å². The van der Waals surface area contributed by atoms with E-state index in [2.05, 4.69) is 33.9 Å². The van der Waals surface area contributed by atoms with Gasteiger partial charge < -0.3 is 13.9 Å². The zero-order chi connectivity index (χ0) is 21.6. The van der Waals surface area contributed by atoms with Gasteiger partial charge in [-0.05, 0) is 42.2 Å². The second-order valence-corrected chi connectivity index (χ2v) is 14.3. The number of ether oxygens (including phenoxy) is 2. The lowest BCUT2D eigenvalue weighted by molar-refractivity contribution is -0.132. The van der Waals surface area contributed by atoms with Crippen LogP contribution >= 0.6 is 0 Å². The van der Waals surface area contributed by atoms with E-state index < -0.39 is 13.7 Å². The predicted octanol–water partition coefficient (Wildman–Crippen LogP) is 6.00. The molecule has 0 N–H and O–H groups in total. The van der Waals surface area contributed by atoms with Crippen LogP contribution in [0, 0.1) is 5.41 Å². The molecule has 0 aliphatic rings. The molecule has 1 rings (SSSR count). The van der Waals surface area contributed by atoms with Crippen molar-refractivity contribution >= 4 is 14.1 Å². The molecule has 0 heterocycles. The van der Waals surface area contributed by atoms with E-state index in [4.69, 9.17) is 13.9 Å². The minimum absolute atomic E-state index is 0.0978. The smallest absolute Gasteiger partial charge is 0.192 e. The van der Waals surface area contributed by atoms with Crippen LogP contribution < -0.4 is 4.74 Å². The number of hydrogen-bond acceptors (Lipinski definition) is 4. The molecule has 1 atom stereocenters. The second-order valence-electron chi connectivity index (χ2n) is 9.55. The van der Waals surface area contributed by atoms with E-state index in [1.54, 1.807) is 7.11 Å². The van der Waals surface area contributed by atoms with Crippen molar-refractivity contribution in [3.8, 4) is 5.75 Å². The van der Waals surface area contributed by atoms with Crippen molar-refractivity contribution in [3.05, 3.63) is 29.8 Å². The van der Waals surface area contributed by atoms with Crippen LogP contribution in [0.15, 0.2) is 24.3 Å². The lowest BCUT2D eigenvalue weighted by Crippen LogP contribution is -2.50. The first-order chi connectivity index (χ1) is 12.8. The molecule has 0 saturated heterocycles. The van der Waals surface area contributed by atoms with Crippen LogP contribution in [-0.2, 0) is 20.6 Å². The average Bonchev–Trinajstić information content (AvgIpc) is 2.62. The summed E-state index contributed by atoms with van der Waals surface area (Å²) in [6, 6.07) is 7.89. The molecule has 0 aliphatic carbocycles.